The van der Waals surface area contributed by atoms with Gasteiger partial charge in [0.25, 0.3) is 0 Å². The molecule has 0 atom stereocenters. The van der Waals surface area contributed by atoms with Gasteiger partial charge in [-0.1, -0.05) is 25.1 Å². The van der Waals surface area contributed by atoms with Crippen molar-refractivity contribution in [3.05, 3.63) is 48.5 Å². The standard InChI is InChI=1S/C23H26N6O/c1-3-13-24-14-6-15-25-23-21-20(18-7-4-5-8-19(18)28-29-21)26-22(27-23)16-9-11-17(30-2)12-10-16/h4-5,7-12,24H,3,6,13-15H2,1-2H3,(H,25,26,27). The average Bonchev–Trinajstić information content (AvgIpc) is 2.81. The van der Waals surface area contributed by atoms with E-state index in [0.717, 1.165) is 60.2 Å². The van der Waals surface area contributed by atoms with E-state index in [4.69, 9.17) is 14.7 Å². The number of ether oxygens (including phenoxy) is 1. The van der Waals surface area contributed by atoms with Crippen LogP contribution in [-0.2, 0) is 0 Å². The van der Waals surface area contributed by atoms with Crippen LogP contribution in [0.2, 0.25) is 0 Å². The van der Waals surface area contributed by atoms with Gasteiger partial charge < -0.3 is 15.4 Å². The van der Waals surface area contributed by atoms with Crippen molar-refractivity contribution < 1.29 is 4.74 Å². The number of anilines is 1. The van der Waals surface area contributed by atoms with Crippen molar-refractivity contribution in [2.75, 3.05) is 32.1 Å². The van der Waals surface area contributed by atoms with E-state index < -0.39 is 0 Å². The van der Waals surface area contributed by atoms with Crippen molar-refractivity contribution in [2.45, 2.75) is 19.8 Å². The predicted octanol–water partition coefficient (Wildman–Crippen LogP) is 4.05. The van der Waals surface area contributed by atoms with Gasteiger partial charge in [0.15, 0.2) is 17.2 Å². The minimum Gasteiger partial charge on any atom is -0.497 e. The normalized spacial score (nSPS) is 11.1. The van der Waals surface area contributed by atoms with Gasteiger partial charge in [-0.25, -0.2) is 9.97 Å². The molecule has 4 rings (SSSR count). The van der Waals surface area contributed by atoms with Crippen molar-refractivity contribution in [3.63, 3.8) is 0 Å². The highest BCUT2D eigenvalue weighted by atomic mass is 16.5. The third-order valence-corrected chi connectivity index (χ3v) is 4.90. The molecule has 2 aromatic heterocycles. The molecule has 2 heterocycles. The largest absolute Gasteiger partial charge is 0.497 e. The van der Waals surface area contributed by atoms with Crippen LogP contribution in [0.25, 0.3) is 33.3 Å². The molecule has 2 N–H and O–H groups in total. The fourth-order valence-electron chi connectivity index (χ4n) is 3.32. The second-order valence-electron chi connectivity index (χ2n) is 7.07. The van der Waals surface area contributed by atoms with Gasteiger partial charge >= 0.3 is 0 Å². The second-order valence-corrected chi connectivity index (χ2v) is 7.07. The van der Waals surface area contributed by atoms with Crippen molar-refractivity contribution in [1.82, 2.24) is 25.5 Å². The number of hydrogen-bond acceptors (Lipinski definition) is 7. The number of rotatable bonds is 9. The number of benzene rings is 2. The Morgan fingerprint density at radius 1 is 0.867 bits per heavy atom. The lowest BCUT2D eigenvalue weighted by Crippen LogP contribution is -2.19. The Bertz CT molecular complexity index is 1130. The maximum atomic E-state index is 5.27. The molecular formula is C23H26N6O. The highest BCUT2D eigenvalue weighted by molar-refractivity contribution is 6.04. The van der Waals surface area contributed by atoms with E-state index in [1.165, 1.54) is 0 Å². The minimum absolute atomic E-state index is 0.648. The number of hydrogen-bond donors (Lipinski definition) is 2. The molecule has 7 heteroatoms. The first-order valence-corrected chi connectivity index (χ1v) is 10.3. The summed E-state index contributed by atoms with van der Waals surface area (Å²) in [6.07, 6.45) is 2.13. The lowest BCUT2D eigenvalue weighted by Gasteiger charge is -2.12. The number of methoxy groups -OCH3 is 1. The Morgan fingerprint density at radius 2 is 1.70 bits per heavy atom. The highest BCUT2D eigenvalue weighted by Gasteiger charge is 2.14. The molecule has 0 aliphatic carbocycles. The zero-order valence-electron chi connectivity index (χ0n) is 17.4. The van der Waals surface area contributed by atoms with Crippen LogP contribution in [0.15, 0.2) is 48.5 Å². The molecule has 0 radical (unpaired) electrons. The maximum absolute atomic E-state index is 5.27. The van der Waals surface area contributed by atoms with E-state index in [1.807, 2.05) is 48.5 Å². The smallest absolute Gasteiger partial charge is 0.162 e. The summed E-state index contributed by atoms with van der Waals surface area (Å²) in [5, 5.41) is 16.6. The third-order valence-electron chi connectivity index (χ3n) is 4.90. The van der Waals surface area contributed by atoms with Gasteiger partial charge in [-0.2, -0.15) is 0 Å². The van der Waals surface area contributed by atoms with Crippen LogP contribution in [0, 0.1) is 0 Å². The predicted molar refractivity (Wildman–Crippen MR) is 121 cm³/mol. The van der Waals surface area contributed by atoms with Crippen molar-refractivity contribution in [2.24, 2.45) is 0 Å². The van der Waals surface area contributed by atoms with E-state index in [9.17, 15) is 0 Å². The molecule has 0 fully saturated rings. The second kappa shape index (κ2) is 9.45. The summed E-state index contributed by atoms with van der Waals surface area (Å²) in [7, 11) is 1.66. The van der Waals surface area contributed by atoms with Crippen LogP contribution < -0.4 is 15.4 Å². The molecule has 7 nitrogen and oxygen atoms in total. The van der Waals surface area contributed by atoms with Crippen molar-refractivity contribution in [3.8, 4) is 17.1 Å². The molecule has 0 saturated heterocycles. The summed E-state index contributed by atoms with van der Waals surface area (Å²) in [5.41, 5.74) is 3.23. The van der Waals surface area contributed by atoms with E-state index in [1.54, 1.807) is 7.11 Å². The first-order chi connectivity index (χ1) is 14.8. The van der Waals surface area contributed by atoms with Crippen molar-refractivity contribution in [1.29, 1.82) is 0 Å². The number of nitrogens with zero attached hydrogens (tertiary/aromatic N) is 4. The summed E-state index contributed by atoms with van der Waals surface area (Å²) in [6, 6.07) is 15.7. The summed E-state index contributed by atoms with van der Waals surface area (Å²) in [4.78, 5) is 9.63. The van der Waals surface area contributed by atoms with Crippen LogP contribution in [0.1, 0.15) is 19.8 Å². The molecule has 0 saturated carbocycles. The number of aromatic nitrogens is 4. The summed E-state index contributed by atoms with van der Waals surface area (Å²) >= 11 is 0. The Balaban J connectivity index is 1.72. The fraction of sp³-hybridized carbons (Fsp3) is 0.304. The molecule has 0 spiro atoms. The number of fused-ring (bicyclic) bond motifs is 3. The molecule has 4 aromatic rings. The molecule has 0 unspecified atom stereocenters. The van der Waals surface area contributed by atoms with Gasteiger partial charge in [-0.15, -0.1) is 10.2 Å². The first-order valence-electron chi connectivity index (χ1n) is 10.3. The zero-order valence-corrected chi connectivity index (χ0v) is 17.4. The molecule has 0 aliphatic heterocycles. The fourth-order valence-corrected chi connectivity index (χ4v) is 3.32. The third kappa shape index (κ3) is 4.31. The van der Waals surface area contributed by atoms with Crippen LogP contribution in [0.5, 0.6) is 5.75 Å². The number of nitrogens with one attached hydrogen (secondary N) is 2. The summed E-state index contributed by atoms with van der Waals surface area (Å²) < 4.78 is 5.27. The first kappa shape index (κ1) is 20.0. The maximum Gasteiger partial charge on any atom is 0.162 e. The monoisotopic (exact) mass is 402 g/mol. The van der Waals surface area contributed by atoms with E-state index in [2.05, 4.69) is 27.8 Å². The van der Waals surface area contributed by atoms with E-state index in [-0.39, 0.29) is 0 Å². The lowest BCUT2D eigenvalue weighted by atomic mass is 10.1. The topological polar surface area (TPSA) is 84.9 Å². The summed E-state index contributed by atoms with van der Waals surface area (Å²) in [6.45, 7) is 4.96. The Labute approximate surface area is 175 Å². The zero-order chi connectivity index (χ0) is 20.8. The van der Waals surface area contributed by atoms with Gasteiger partial charge in [0, 0.05) is 17.5 Å². The van der Waals surface area contributed by atoms with Crippen LogP contribution in [-0.4, -0.2) is 46.9 Å². The molecule has 30 heavy (non-hydrogen) atoms. The quantitative estimate of drug-likeness (QED) is 0.323. The van der Waals surface area contributed by atoms with E-state index in [0.29, 0.717) is 17.2 Å². The molecular weight excluding hydrogens is 376 g/mol. The Hall–Kier alpha value is -3.32. The molecule has 0 amide bonds. The van der Waals surface area contributed by atoms with Gasteiger partial charge in [-0.3, -0.25) is 0 Å². The molecule has 0 aliphatic rings. The van der Waals surface area contributed by atoms with E-state index >= 15 is 0 Å². The SMILES string of the molecule is CCCNCCCNc1nc(-c2ccc(OC)cc2)nc2c1nnc1ccccc12. The van der Waals surface area contributed by atoms with Gasteiger partial charge in [0.1, 0.15) is 11.3 Å². The molecule has 2 aromatic carbocycles. The van der Waals surface area contributed by atoms with Crippen molar-refractivity contribution >= 4 is 27.8 Å². The Kier molecular flexibility index (Phi) is 6.29. The van der Waals surface area contributed by atoms with Crippen LogP contribution in [0.4, 0.5) is 5.82 Å². The summed E-state index contributed by atoms with van der Waals surface area (Å²) in [5.74, 6) is 2.16. The minimum atomic E-state index is 0.648. The average molecular weight is 403 g/mol. The Morgan fingerprint density at radius 3 is 2.50 bits per heavy atom. The van der Waals surface area contributed by atoms with Gasteiger partial charge in [-0.05, 0) is 56.3 Å². The van der Waals surface area contributed by atoms with Crippen LogP contribution in [0.3, 0.4) is 0 Å². The van der Waals surface area contributed by atoms with Gasteiger partial charge in [0.05, 0.1) is 12.6 Å². The molecule has 154 valence electrons. The van der Waals surface area contributed by atoms with Gasteiger partial charge in [0.2, 0.25) is 0 Å². The molecule has 0 bridgehead atoms. The highest BCUT2D eigenvalue weighted by Crippen LogP contribution is 2.28. The van der Waals surface area contributed by atoms with Crippen LogP contribution >= 0.6 is 0 Å². The lowest BCUT2D eigenvalue weighted by molar-refractivity contribution is 0.415.